The van der Waals surface area contributed by atoms with Gasteiger partial charge in [0, 0.05) is 6.21 Å². The van der Waals surface area contributed by atoms with Crippen LogP contribution in [0.25, 0.3) is 0 Å². The molecule has 0 saturated heterocycles. The number of hydrazone groups is 1. The van der Waals surface area contributed by atoms with Crippen molar-refractivity contribution in [3.8, 4) is 0 Å². The number of rotatable bonds is 4. The topological polar surface area (TPSA) is 76.7 Å². The number of carbonyl (C=O) groups is 1. The average Bonchev–Trinajstić information content (AvgIpc) is 1.99. The lowest BCUT2D eigenvalue weighted by atomic mass is 10.5. The van der Waals surface area contributed by atoms with Gasteiger partial charge >= 0.3 is 6.09 Å². The SMILES string of the molecule is CCOC(=O)NN=CCCN. The first-order valence-electron chi connectivity index (χ1n) is 3.45. The number of ether oxygens (including phenoxy) is 1. The standard InChI is InChI=1S/C6H13N3O2/c1-2-11-6(10)9-8-5-3-4-7/h5H,2-4,7H2,1H3,(H,9,10). The van der Waals surface area contributed by atoms with Crippen molar-refractivity contribution in [3.05, 3.63) is 0 Å². The third-order valence-corrected chi connectivity index (χ3v) is 0.818. The summed E-state index contributed by atoms with van der Waals surface area (Å²) >= 11 is 0. The maximum atomic E-state index is 10.5. The van der Waals surface area contributed by atoms with E-state index in [2.05, 4.69) is 15.3 Å². The average molecular weight is 159 g/mol. The first kappa shape index (κ1) is 9.90. The molecule has 1 amide bonds. The van der Waals surface area contributed by atoms with Crippen molar-refractivity contribution in [2.24, 2.45) is 10.8 Å². The summed E-state index contributed by atoms with van der Waals surface area (Å²) in [5.41, 5.74) is 7.34. The predicted molar refractivity (Wildman–Crippen MR) is 42.3 cm³/mol. The van der Waals surface area contributed by atoms with Gasteiger partial charge in [-0.15, -0.1) is 0 Å². The van der Waals surface area contributed by atoms with E-state index in [0.717, 1.165) is 0 Å². The molecule has 3 N–H and O–H groups in total. The van der Waals surface area contributed by atoms with Gasteiger partial charge in [-0.2, -0.15) is 5.10 Å². The van der Waals surface area contributed by atoms with Crippen molar-refractivity contribution in [2.75, 3.05) is 13.2 Å². The second-order valence-corrected chi connectivity index (χ2v) is 1.72. The number of amides is 1. The monoisotopic (exact) mass is 159 g/mol. The Labute approximate surface area is 65.6 Å². The summed E-state index contributed by atoms with van der Waals surface area (Å²) in [7, 11) is 0. The number of nitrogens with one attached hydrogen (secondary N) is 1. The Morgan fingerprint density at radius 1 is 1.82 bits per heavy atom. The van der Waals surface area contributed by atoms with Crippen molar-refractivity contribution in [1.29, 1.82) is 0 Å². The molecule has 0 fully saturated rings. The highest BCUT2D eigenvalue weighted by Gasteiger charge is 1.93. The third-order valence-electron chi connectivity index (χ3n) is 0.818. The predicted octanol–water partition coefficient (Wildman–Crippen LogP) is 0.0671. The second kappa shape index (κ2) is 7.01. The molecule has 0 saturated carbocycles. The summed E-state index contributed by atoms with van der Waals surface area (Å²) in [5, 5.41) is 3.55. The van der Waals surface area contributed by atoms with Crippen LogP contribution in [0.4, 0.5) is 4.79 Å². The van der Waals surface area contributed by atoms with Gasteiger partial charge in [0.2, 0.25) is 0 Å². The van der Waals surface area contributed by atoms with Crippen LogP contribution in [-0.4, -0.2) is 25.5 Å². The second-order valence-electron chi connectivity index (χ2n) is 1.72. The summed E-state index contributed by atoms with van der Waals surface area (Å²) in [6.07, 6.45) is 1.63. The van der Waals surface area contributed by atoms with E-state index in [9.17, 15) is 4.79 Å². The van der Waals surface area contributed by atoms with Crippen LogP contribution in [-0.2, 0) is 4.74 Å². The molecular formula is C6H13N3O2. The zero-order valence-electron chi connectivity index (χ0n) is 6.54. The minimum absolute atomic E-state index is 0.345. The minimum Gasteiger partial charge on any atom is -0.449 e. The molecule has 5 heteroatoms. The van der Waals surface area contributed by atoms with E-state index in [1.165, 1.54) is 6.21 Å². The maximum Gasteiger partial charge on any atom is 0.427 e. The Bertz CT molecular complexity index is 136. The van der Waals surface area contributed by atoms with E-state index in [4.69, 9.17) is 5.73 Å². The van der Waals surface area contributed by atoms with Gasteiger partial charge in [-0.25, -0.2) is 10.2 Å². The molecule has 11 heavy (non-hydrogen) atoms. The Morgan fingerprint density at radius 3 is 3.09 bits per heavy atom. The van der Waals surface area contributed by atoms with E-state index in [-0.39, 0.29) is 0 Å². The molecule has 0 aliphatic rings. The number of nitrogens with zero attached hydrogens (tertiary/aromatic N) is 1. The highest BCUT2D eigenvalue weighted by atomic mass is 16.5. The Morgan fingerprint density at radius 2 is 2.55 bits per heavy atom. The largest absolute Gasteiger partial charge is 0.449 e. The highest BCUT2D eigenvalue weighted by molar-refractivity contribution is 5.68. The van der Waals surface area contributed by atoms with E-state index in [1.54, 1.807) is 6.92 Å². The first-order chi connectivity index (χ1) is 5.31. The smallest absolute Gasteiger partial charge is 0.427 e. The van der Waals surface area contributed by atoms with Gasteiger partial charge in [0.1, 0.15) is 0 Å². The normalized spacial score (nSPS) is 10.0. The molecule has 0 unspecified atom stereocenters. The van der Waals surface area contributed by atoms with Crippen LogP contribution in [0.1, 0.15) is 13.3 Å². The van der Waals surface area contributed by atoms with Crippen LogP contribution in [0, 0.1) is 0 Å². The van der Waals surface area contributed by atoms with Gasteiger partial charge < -0.3 is 10.5 Å². The van der Waals surface area contributed by atoms with Gasteiger partial charge in [-0.1, -0.05) is 0 Å². The molecule has 0 atom stereocenters. The molecule has 0 aromatic rings. The fourth-order valence-electron chi connectivity index (χ4n) is 0.401. The molecule has 5 nitrogen and oxygen atoms in total. The van der Waals surface area contributed by atoms with Crippen molar-refractivity contribution in [2.45, 2.75) is 13.3 Å². The molecule has 64 valence electrons. The van der Waals surface area contributed by atoms with Gasteiger partial charge in [0.05, 0.1) is 6.61 Å². The molecule has 0 spiro atoms. The fourth-order valence-corrected chi connectivity index (χ4v) is 0.401. The summed E-state index contributed by atoms with van der Waals surface area (Å²) in [4.78, 5) is 10.5. The number of hydrogen-bond donors (Lipinski definition) is 2. The van der Waals surface area contributed by atoms with Gasteiger partial charge in [0.25, 0.3) is 0 Å². The molecular weight excluding hydrogens is 146 g/mol. The lowest BCUT2D eigenvalue weighted by Crippen LogP contribution is -2.18. The van der Waals surface area contributed by atoms with Crippen molar-refractivity contribution >= 4 is 12.3 Å². The van der Waals surface area contributed by atoms with Crippen LogP contribution in [0.5, 0.6) is 0 Å². The van der Waals surface area contributed by atoms with Crippen LogP contribution in [0.15, 0.2) is 5.10 Å². The summed E-state index contributed by atoms with van der Waals surface area (Å²) in [6.45, 7) is 2.59. The van der Waals surface area contributed by atoms with Crippen LogP contribution in [0.3, 0.4) is 0 Å². The van der Waals surface area contributed by atoms with Crippen LogP contribution in [0.2, 0.25) is 0 Å². The fraction of sp³-hybridized carbons (Fsp3) is 0.667. The van der Waals surface area contributed by atoms with Crippen molar-refractivity contribution in [1.82, 2.24) is 5.43 Å². The lowest BCUT2D eigenvalue weighted by molar-refractivity contribution is 0.152. The van der Waals surface area contributed by atoms with Gasteiger partial charge in [-0.05, 0) is 19.9 Å². The molecule has 0 aromatic carbocycles. The summed E-state index contributed by atoms with van der Waals surface area (Å²) < 4.78 is 4.53. The lowest BCUT2D eigenvalue weighted by Gasteiger charge is -1.97. The van der Waals surface area contributed by atoms with Crippen molar-refractivity contribution < 1.29 is 9.53 Å². The number of nitrogens with two attached hydrogens (primary N) is 1. The van der Waals surface area contributed by atoms with E-state index >= 15 is 0 Å². The summed E-state index contributed by atoms with van der Waals surface area (Å²) in [6, 6.07) is 0. The molecule has 0 bridgehead atoms. The van der Waals surface area contributed by atoms with Crippen LogP contribution < -0.4 is 11.2 Å². The minimum atomic E-state index is -0.541. The Hall–Kier alpha value is -1.10. The zero-order chi connectivity index (χ0) is 8.53. The summed E-state index contributed by atoms with van der Waals surface area (Å²) in [5.74, 6) is 0. The number of carbonyl (C=O) groups excluding carboxylic acids is 1. The quantitative estimate of drug-likeness (QED) is 0.450. The highest BCUT2D eigenvalue weighted by Crippen LogP contribution is 1.75. The van der Waals surface area contributed by atoms with Crippen molar-refractivity contribution in [3.63, 3.8) is 0 Å². The molecule has 0 aliphatic heterocycles. The maximum absolute atomic E-state index is 10.5. The first-order valence-corrected chi connectivity index (χ1v) is 3.45. The van der Waals surface area contributed by atoms with Gasteiger partial charge in [-0.3, -0.25) is 0 Å². The Balaban J connectivity index is 3.29. The van der Waals surface area contributed by atoms with Crippen LogP contribution >= 0.6 is 0 Å². The molecule has 0 radical (unpaired) electrons. The van der Waals surface area contributed by atoms with E-state index in [1.807, 2.05) is 0 Å². The molecule has 0 aliphatic carbocycles. The molecule has 0 aromatic heterocycles. The Kier molecular flexibility index (Phi) is 6.31. The van der Waals surface area contributed by atoms with E-state index < -0.39 is 6.09 Å². The van der Waals surface area contributed by atoms with E-state index in [0.29, 0.717) is 19.6 Å². The van der Waals surface area contributed by atoms with Gasteiger partial charge in [0.15, 0.2) is 0 Å². The number of hydrogen-bond acceptors (Lipinski definition) is 4. The molecule has 0 rings (SSSR count). The zero-order valence-corrected chi connectivity index (χ0v) is 6.54. The third kappa shape index (κ3) is 6.79. The molecule has 0 heterocycles.